The minimum atomic E-state index is -0.0778. The monoisotopic (exact) mass is 321 g/mol. The average Bonchev–Trinajstić information content (AvgIpc) is 3.08. The van der Waals surface area contributed by atoms with Crippen LogP contribution in [-0.2, 0) is 0 Å². The van der Waals surface area contributed by atoms with E-state index >= 15 is 0 Å². The highest BCUT2D eigenvalue weighted by atomic mass is 35.5. The maximum Gasteiger partial charge on any atom is 0.263 e. The van der Waals surface area contributed by atoms with E-state index < -0.39 is 0 Å². The van der Waals surface area contributed by atoms with Gasteiger partial charge in [-0.1, -0.05) is 17.7 Å². The standard InChI is InChI=1S/C15H16ClN3OS/c1-10-9-21-14(13(10)16)15(20)18-11-5-7-19(8-11)12-4-2-3-6-17-12/h2-4,6,9,11H,5,7-8H2,1H3,(H,18,20)/t11-/m1/s1. The minimum Gasteiger partial charge on any atom is -0.354 e. The van der Waals surface area contributed by atoms with E-state index in [1.807, 2.05) is 30.5 Å². The van der Waals surface area contributed by atoms with Gasteiger partial charge in [0, 0.05) is 25.3 Å². The van der Waals surface area contributed by atoms with Gasteiger partial charge in [-0.25, -0.2) is 4.98 Å². The first kappa shape index (κ1) is 14.4. The first-order valence-corrected chi connectivity index (χ1v) is 8.11. The van der Waals surface area contributed by atoms with Gasteiger partial charge >= 0.3 is 0 Å². The van der Waals surface area contributed by atoms with Crippen molar-refractivity contribution in [3.8, 4) is 0 Å². The zero-order chi connectivity index (χ0) is 14.8. The Kier molecular flexibility index (Phi) is 4.12. The van der Waals surface area contributed by atoms with Crippen LogP contribution in [0.5, 0.6) is 0 Å². The zero-order valence-electron chi connectivity index (χ0n) is 11.7. The summed E-state index contributed by atoms with van der Waals surface area (Å²) in [5.74, 6) is 0.880. The minimum absolute atomic E-state index is 0.0778. The predicted molar refractivity (Wildman–Crippen MR) is 86.4 cm³/mol. The van der Waals surface area contributed by atoms with Crippen LogP contribution in [0.4, 0.5) is 5.82 Å². The number of hydrogen-bond acceptors (Lipinski definition) is 4. The molecule has 1 saturated heterocycles. The Morgan fingerprint density at radius 1 is 1.52 bits per heavy atom. The molecule has 0 saturated carbocycles. The largest absolute Gasteiger partial charge is 0.354 e. The molecule has 0 unspecified atom stereocenters. The van der Waals surface area contributed by atoms with Gasteiger partial charge in [0.1, 0.15) is 10.7 Å². The lowest BCUT2D eigenvalue weighted by Crippen LogP contribution is -2.37. The lowest BCUT2D eigenvalue weighted by atomic mass is 10.2. The van der Waals surface area contributed by atoms with Gasteiger partial charge in [-0.3, -0.25) is 4.79 Å². The lowest BCUT2D eigenvalue weighted by Gasteiger charge is -2.17. The summed E-state index contributed by atoms with van der Waals surface area (Å²) in [5.41, 5.74) is 0.952. The first-order chi connectivity index (χ1) is 10.1. The first-order valence-electron chi connectivity index (χ1n) is 6.85. The number of anilines is 1. The highest BCUT2D eigenvalue weighted by molar-refractivity contribution is 7.13. The summed E-state index contributed by atoms with van der Waals surface area (Å²) >= 11 is 7.54. The number of nitrogens with one attached hydrogen (secondary N) is 1. The zero-order valence-corrected chi connectivity index (χ0v) is 13.2. The smallest absolute Gasteiger partial charge is 0.263 e. The van der Waals surface area contributed by atoms with Crippen LogP contribution < -0.4 is 10.2 Å². The SMILES string of the molecule is Cc1csc(C(=O)N[C@@H]2CCN(c3ccccn3)C2)c1Cl. The molecule has 3 rings (SSSR count). The number of rotatable bonds is 3. The molecule has 1 fully saturated rings. The van der Waals surface area contributed by atoms with Gasteiger partial charge < -0.3 is 10.2 Å². The highest BCUT2D eigenvalue weighted by Crippen LogP contribution is 2.27. The third-order valence-corrected chi connectivity index (χ3v) is 5.30. The van der Waals surface area contributed by atoms with E-state index in [2.05, 4.69) is 15.2 Å². The Balaban J connectivity index is 1.62. The van der Waals surface area contributed by atoms with Gasteiger partial charge in [0.2, 0.25) is 0 Å². The molecular formula is C15H16ClN3OS. The van der Waals surface area contributed by atoms with Crippen molar-refractivity contribution >= 4 is 34.7 Å². The number of carbonyl (C=O) groups excluding carboxylic acids is 1. The van der Waals surface area contributed by atoms with Crippen molar-refractivity contribution in [1.29, 1.82) is 0 Å². The fraction of sp³-hybridized carbons (Fsp3) is 0.333. The van der Waals surface area contributed by atoms with Crippen molar-refractivity contribution in [3.05, 3.63) is 45.2 Å². The highest BCUT2D eigenvalue weighted by Gasteiger charge is 2.26. The molecule has 0 spiro atoms. The van der Waals surface area contributed by atoms with Gasteiger partial charge in [-0.05, 0) is 36.4 Å². The molecule has 0 bridgehead atoms. The quantitative estimate of drug-likeness (QED) is 0.944. The summed E-state index contributed by atoms with van der Waals surface area (Å²) in [5, 5.41) is 5.54. The Hall–Kier alpha value is -1.59. The van der Waals surface area contributed by atoms with Crippen LogP contribution in [0.2, 0.25) is 5.02 Å². The summed E-state index contributed by atoms with van der Waals surface area (Å²) in [4.78, 5) is 19.4. The molecule has 2 aromatic heterocycles. The van der Waals surface area contributed by atoms with Gasteiger partial charge in [0.25, 0.3) is 5.91 Å². The molecule has 21 heavy (non-hydrogen) atoms. The van der Waals surface area contributed by atoms with Gasteiger partial charge in [0.05, 0.1) is 5.02 Å². The molecule has 1 atom stereocenters. The van der Waals surface area contributed by atoms with Crippen LogP contribution in [0.15, 0.2) is 29.8 Å². The van der Waals surface area contributed by atoms with Gasteiger partial charge in [-0.2, -0.15) is 0 Å². The van der Waals surface area contributed by atoms with Crippen molar-refractivity contribution in [2.75, 3.05) is 18.0 Å². The van der Waals surface area contributed by atoms with Crippen LogP contribution >= 0.6 is 22.9 Å². The fourth-order valence-corrected chi connectivity index (χ4v) is 3.64. The van der Waals surface area contributed by atoms with Crippen molar-refractivity contribution in [2.45, 2.75) is 19.4 Å². The second-order valence-corrected chi connectivity index (χ2v) is 6.41. The molecule has 0 aromatic carbocycles. The second kappa shape index (κ2) is 6.03. The molecule has 2 aromatic rings. The van der Waals surface area contributed by atoms with E-state index in [1.54, 1.807) is 6.20 Å². The van der Waals surface area contributed by atoms with E-state index in [0.29, 0.717) is 9.90 Å². The molecule has 1 amide bonds. The summed E-state index contributed by atoms with van der Waals surface area (Å²) < 4.78 is 0. The van der Waals surface area contributed by atoms with Crippen molar-refractivity contribution in [1.82, 2.24) is 10.3 Å². The Labute approximate surface area is 132 Å². The molecule has 110 valence electrons. The van der Waals surface area contributed by atoms with Crippen LogP contribution in [0.1, 0.15) is 21.7 Å². The molecule has 1 aliphatic heterocycles. The van der Waals surface area contributed by atoms with E-state index in [9.17, 15) is 4.79 Å². The van der Waals surface area contributed by atoms with Crippen LogP contribution in [0, 0.1) is 6.92 Å². The molecule has 0 radical (unpaired) electrons. The van der Waals surface area contributed by atoms with Gasteiger partial charge in [-0.15, -0.1) is 11.3 Å². The molecule has 1 aliphatic rings. The van der Waals surface area contributed by atoms with Crippen molar-refractivity contribution in [2.24, 2.45) is 0 Å². The Bertz CT molecular complexity index is 644. The fourth-order valence-electron chi connectivity index (χ4n) is 2.46. The number of thiophene rings is 1. The third kappa shape index (κ3) is 3.04. The molecule has 1 N–H and O–H groups in total. The van der Waals surface area contributed by atoms with Crippen molar-refractivity contribution in [3.63, 3.8) is 0 Å². The summed E-state index contributed by atoms with van der Waals surface area (Å²) in [7, 11) is 0. The molecule has 4 nitrogen and oxygen atoms in total. The number of aryl methyl sites for hydroxylation is 1. The van der Waals surface area contributed by atoms with E-state index in [4.69, 9.17) is 11.6 Å². The molecule has 6 heteroatoms. The summed E-state index contributed by atoms with van der Waals surface area (Å²) in [6.07, 6.45) is 2.71. The average molecular weight is 322 g/mol. The number of carbonyl (C=O) groups is 1. The summed E-state index contributed by atoms with van der Waals surface area (Å²) in [6.45, 7) is 3.60. The second-order valence-electron chi connectivity index (χ2n) is 5.15. The number of halogens is 1. The number of aromatic nitrogens is 1. The topological polar surface area (TPSA) is 45.2 Å². The molecule has 0 aliphatic carbocycles. The Morgan fingerprint density at radius 3 is 3.05 bits per heavy atom. The van der Waals surface area contributed by atoms with Crippen LogP contribution in [0.25, 0.3) is 0 Å². The normalized spacial score (nSPS) is 18.0. The molecule has 3 heterocycles. The van der Waals surface area contributed by atoms with Gasteiger partial charge in [0.15, 0.2) is 0 Å². The number of nitrogens with zero attached hydrogens (tertiary/aromatic N) is 2. The van der Waals surface area contributed by atoms with Crippen molar-refractivity contribution < 1.29 is 4.79 Å². The lowest BCUT2D eigenvalue weighted by molar-refractivity contribution is 0.0944. The predicted octanol–water partition coefficient (Wildman–Crippen LogP) is 3.11. The van der Waals surface area contributed by atoms with Crippen LogP contribution in [-0.4, -0.2) is 30.0 Å². The number of hydrogen-bond donors (Lipinski definition) is 1. The molecular weight excluding hydrogens is 306 g/mol. The number of amides is 1. The maximum absolute atomic E-state index is 12.3. The maximum atomic E-state index is 12.3. The van der Waals surface area contributed by atoms with E-state index in [-0.39, 0.29) is 11.9 Å². The Morgan fingerprint density at radius 2 is 2.38 bits per heavy atom. The van der Waals surface area contributed by atoms with E-state index in [0.717, 1.165) is 30.9 Å². The van der Waals surface area contributed by atoms with Crippen LogP contribution in [0.3, 0.4) is 0 Å². The van der Waals surface area contributed by atoms with E-state index in [1.165, 1.54) is 11.3 Å². The third-order valence-electron chi connectivity index (χ3n) is 3.60. The number of pyridine rings is 1. The summed E-state index contributed by atoms with van der Waals surface area (Å²) in [6, 6.07) is 6.00.